The zero-order valence-electron chi connectivity index (χ0n) is 19.2. The predicted octanol–water partition coefficient (Wildman–Crippen LogP) is -0.159. The van der Waals surface area contributed by atoms with Crippen LogP contribution >= 0.6 is 0 Å². The van der Waals surface area contributed by atoms with E-state index in [1.165, 1.54) is 0 Å². The van der Waals surface area contributed by atoms with Gasteiger partial charge in [-0.2, -0.15) is 5.53 Å². The highest BCUT2D eigenvalue weighted by atomic mass is 16.4. The molecular formula is C20H38N8O5+2. The average Bonchev–Trinajstić information content (AvgIpc) is 2.78. The van der Waals surface area contributed by atoms with Crippen molar-refractivity contribution in [3.8, 4) is 0 Å². The molecule has 0 aromatic carbocycles. The van der Waals surface area contributed by atoms with Gasteiger partial charge in [0.25, 0.3) is 0 Å². The lowest BCUT2D eigenvalue weighted by Gasteiger charge is -2.14. The summed E-state index contributed by atoms with van der Waals surface area (Å²) in [7, 11) is 0. The Morgan fingerprint density at radius 2 is 1.39 bits per heavy atom. The van der Waals surface area contributed by atoms with Crippen molar-refractivity contribution in [1.29, 1.82) is 5.53 Å². The quantitative estimate of drug-likeness (QED) is 0.0764. The van der Waals surface area contributed by atoms with Gasteiger partial charge in [-0.25, -0.2) is 4.79 Å². The van der Waals surface area contributed by atoms with Crippen LogP contribution in [-0.2, 0) is 19.2 Å². The number of carbonyl (C=O) groups is 4. The van der Waals surface area contributed by atoms with E-state index in [0.717, 1.165) is 6.42 Å². The van der Waals surface area contributed by atoms with Gasteiger partial charge in [0.2, 0.25) is 22.6 Å². The van der Waals surface area contributed by atoms with E-state index in [1.807, 2.05) is 0 Å². The van der Waals surface area contributed by atoms with Crippen LogP contribution in [0.2, 0.25) is 0 Å². The molecule has 0 rings (SSSR count). The van der Waals surface area contributed by atoms with Crippen molar-refractivity contribution >= 4 is 23.7 Å². The first-order chi connectivity index (χ1) is 15.9. The number of hydrogen-bond donors (Lipinski definition) is 6. The number of unbranched alkanes of at least 4 members (excludes halogenated alkanes) is 3. The van der Waals surface area contributed by atoms with E-state index in [4.69, 9.17) is 11.1 Å². The molecule has 3 amide bonds. The van der Waals surface area contributed by atoms with Crippen LogP contribution in [0.4, 0.5) is 0 Å². The van der Waals surface area contributed by atoms with Crippen LogP contribution in [0, 0.1) is 5.53 Å². The number of aliphatic carboxylic acids is 1. The number of amides is 3. The van der Waals surface area contributed by atoms with Crippen molar-refractivity contribution in [3.05, 3.63) is 0 Å². The fourth-order valence-electron chi connectivity index (χ4n) is 2.89. The second-order valence-corrected chi connectivity index (χ2v) is 7.54. The van der Waals surface area contributed by atoms with Crippen molar-refractivity contribution in [2.75, 3.05) is 26.2 Å². The van der Waals surface area contributed by atoms with E-state index in [9.17, 15) is 24.3 Å². The molecule has 13 heteroatoms. The summed E-state index contributed by atoms with van der Waals surface area (Å²) in [5.74, 6) is -1.66. The third kappa shape index (κ3) is 19.2. The summed E-state index contributed by atoms with van der Waals surface area (Å²) in [5, 5.41) is 24.3. The molecule has 0 spiro atoms. The van der Waals surface area contributed by atoms with Crippen molar-refractivity contribution in [1.82, 2.24) is 20.9 Å². The summed E-state index contributed by atoms with van der Waals surface area (Å²) >= 11 is 0. The Morgan fingerprint density at radius 3 is 1.97 bits per heavy atom. The van der Waals surface area contributed by atoms with Gasteiger partial charge < -0.3 is 21.1 Å². The van der Waals surface area contributed by atoms with Gasteiger partial charge in [-0.05, 0) is 56.5 Å². The molecule has 0 aromatic rings. The summed E-state index contributed by atoms with van der Waals surface area (Å²) in [5.41, 5.74) is 11.6. The van der Waals surface area contributed by atoms with Crippen LogP contribution in [0.5, 0.6) is 0 Å². The summed E-state index contributed by atoms with van der Waals surface area (Å²) in [6, 6.07) is -0.984. The molecule has 13 nitrogen and oxygen atoms in total. The van der Waals surface area contributed by atoms with E-state index < -0.39 is 12.0 Å². The maximum absolute atomic E-state index is 12.0. The highest BCUT2D eigenvalue weighted by Gasteiger charge is 2.19. The van der Waals surface area contributed by atoms with E-state index >= 15 is 0 Å². The Labute approximate surface area is 193 Å². The van der Waals surface area contributed by atoms with E-state index in [1.54, 1.807) is 0 Å². The number of rotatable bonds is 21. The number of nitrogens with two attached hydrogens (primary N) is 1. The number of carboxylic acids is 1. The van der Waals surface area contributed by atoms with Crippen molar-refractivity contribution in [2.45, 2.75) is 76.7 Å². The van der Waals surface area contributed by atoms with Gasteiger partial charge >= 0.3 is 5.97 Å². The lowest BCUT2D eigenvalue weighted by molar-refractivity contribution is -0.222. The Balaban J connectivity index is 3.89. The molecule has 0 bridgehead atoms. The number of carboxylic acid groups (broad SMARTS) is 1. The molecule has 186 valence electrons. The highest BCUT2D eigenvalue weighted by Crippen LogP contribution is 2.03. The molecule has 0 unspecified atom stereocenters. The minimum atomic E-state index is -1.10. The zero-order chi connectivity index (χ0) is 24.7. The van der Waals surface area contributed by atoms with Gasteiger partial charge in [-0.3, -0.25) is 14.4 Å². The van der Waals surface area contributed by atoms with Crippen LogP contribution < -0.4 is 26.4 Å². The molecule has 0 saturated carbocycles. The fourth-order valence-corrected chi connectivity index (χ4v) is 2.89. The largest absolute Gasteiger partial charge is 0.480 e. The van der Waals surface area contributed by atoms with Crippen LogP contribution in [0.3, 0.4) is 0 Å². The van der Waals surface area contributed by atoms with Crippen molar-refractivity contribution in [3.63, 3.8) is 0 Å². The summed E-state index contributed by atoms with van der Waals surface area (Å²) < 4.78 is 0. The molecule has 0 saturated heterocycles. The van der Waals surface area contributed by atoms with Gasteiger partial charge in [0.1, 0.15) is 29.8 Å². The zero-order valence-corrected chi connectivity index (χ0v) is 19.2. The average molecular weight is 471 g/mol. The predicted molar refractivity (Wildman–Crippen MR) is 118 cm³/mol. The number of nitrogens with zero attached hydrogens (tertiary/aromatic N) is 3. The van der Waals surface area contributed by atoms with Gasteiger partial charge in [0.05, 0.1) is 0 Å². The van der Waals surface area contributed by atoms with Gasteiger partial charge in [0.15, 0.2) is 0 Å². The maximum atomic E-state index is 12.0. The number of hydrogen-bond acceptors (Lipinski definition) is 7. The van der Waals surface area contributed by atoms with Gasteiger partial charge in [0, 0.05) is 32.4 Å². The molecule has 7 N–H and O–H groups in total. The van der Waals surface area contributed by atoms with E-state index in [0.29, 0.717) is 77.5 Å². The molecule has 0 fully saturated rings. The molecule has 1 atom stereocenters. The Hall–Kier alpha value is -3.21. The molecule has 0 aliphatic heterocycles. The third-order valence-corrected chi connectivity index (χ3v) is 4.70. The molecule has 0 aromatic heterocycles. The first-order valence-electron chi connectivity index (χ1n) is 11.4. The number of nitrogens with one attached hydrogen (secondary N) is 4. The van der Waals surface area contributed by atoms with Crippen LogP contribution in [0.15, 0.2) is 10.2 Å². The third-order valence-electron chi connectivity index (χ3n) is 4.70. The van der Waals surface area contributed by atoms with Crippen molar-refractivity contribution in [2.24, 2.45) is 10.2 Å². The highest BCUT2D eigenvalue weighted by molar-refractivity contribution is 5.83. The molecule has 33 heavy (non-hydrogen) atoms. The molecule has 0 aliphatic carbocycles. The molecule has 0 heterocycles. The second-order valence-electron chi connectivity index (χ2n) is 7.54. The monoisotopic (exact) mass is 470 g/mol. The fraction of sp³-hybridized carbons (Fsp3) is 0.800. The lowest BCUT2D eigenvalue weighted by Crippen LogP contribution is -2.41. The first-order valence-corrected chi connectivity index (χ1v) is 11.4. The van der Waals surface area contributed by atoms with Crippen LogP contribution in [0.1, 0.15) is 70.6 Å². The van der Waals surface area contributed by atoms with Gasteiger partial charge in [-0.15, -0.1) is 0 Å². The smallest absolute Gasteiger partial charge is 0.326 e. The minimum absolute atomic E-state index is 0.0842. The standard InChI is InChI=1S/C20H36N8O5/c21-25-14-5-2-9-18(30)24-13-7-11-19(31)27-16(20(32)33)8-1-4-12-23-17(29)10-3-6-15-26-28-22/h16,21-22H,1-15H2,(H3-,23,24,27,29,30,31,32,33)/p+2/t16-/m0/s1. The van der Waals surface area contributed by atoms with Gasteiger partial charge in [-0.1, -0.05) is 0 Å². The number of carbonyl (C=O) groups excluding carboxylic acids is 3. The molecule has 0 aliphatic rings. The molecule has 0 radical (unpaired) electrons. The Morgan fingerprint density at radius 1 is 0.818 bits per heavy atom. The van der Waals surface area contributed by atoms with E-state index in [2.05, 4.69) is 31.1 Å². The molecular weight excluding hydrogens is 432 g/mol. The summed E-state index contributed by atoms with van der Waals surface area (Å²) in [6.45, 7) is 1.74. The minimum Gasteiger partial charge on any atom is -0.480 e. The van der Waals surface area contributed by atoms with Crippen LogP contribution in [-0.4, -0.2) is 61.0 Å². The summed E-state index contributed by atoms with van der Waals surface area (Å²) in [4.78, 5) is 49.6. The van der Waals surface area contributed by atoms with E-state index in [-0.39, 0.29) is 30.6 Å². The van der Waals surface area contributed by atoms with Crippen molar-refractivity contribution < 1.29 is 29.8 Å². The topological polar surface area (TPSA) is 213 Å². The Bertz CT molecular complexity index is 667. The maximum Gasteiger partial charge on any atom is 0.326 e. The Kier molecular flexibility index (Phi) is 18.7. The SMILES string of the molecule is N=[N+]=NCCCCC(=O)NCCCC[C@H](NC(=O)CCCNC(=O)CCCCN=[NH2+])C(=O)O. The normalized spacial score (nSPS) is 11.0. The first kappa shape index (κ1) is 29.8. The second kappa shape index (κ2) is 20.7. The van der Waals surface area contributed by atoms with Crippen LogP contribution in [0.25, 0.3) is 0 Å². The lowest BCUT2D eigenvalue weighted by atomic mass is 10.1. The summed E-state index contributed by atoms with van der Waals surface area (Å²) in [6.07, 6.45) is 5.47.